The maximum absolute atomic E-state index is 12.6. The summed E-state index contributed by atoms with van der Waals surface area (Å²) in [7, 11) is 0. The Morgan fingerprint density at radius 3 is 2.62 bits per heavy atom. The highest BCUT2D eigenvalue weighted by molar-refractivity contribution is 5.95. The quantitative estimate of drug-likeness (QED) is 0.778. The van der Waals surface area contributed by atoms with Crippen LogP contribution in [0.15, 0.2) is 48.5 Å². The lowest BCUT2D eigenvalue weighted by Crippen LogP contribution is -2.28. The molecule has 1 unspecified atom stereocenters. The van der Waals surface area contributed by atoms with Crippen molar-refractivity contribution >= 4 is 5.91 Å². The first-order valence-electron chi connectivity index (χ1n) is 8.35. The van der Waals surface area contributed by atoms with E-state index in [1.165, 1.54) is 0 Å². The standard InChI is InChI=1S/C20H25NO3/c1-3-24-19-14-17(12-11-15(19)2)20(23)21-18(10-7-13-22)16-8-5-4-6-9-16/h4-6,8-9,11-12,14,18,22H,3,7,10,13H2,1-2H3,(H,21,23). The number of nitrogens with one attached hydrogen (secondary N) is 1. The topological polar surface area (TPSA) is 58.6 Å². The largest absolute Gasteiger partial charge is 0.494 e. The molecular weight excluding hydrogens is 302 g/mol. The van der Waals surface area contributed by atoms with Gasteiger partial charge in [0.25, 0.3) is 5.91 Å². The molecule has 0 aliphatic heterocycles. The van der Waals surface area contributed by atoms with Crippen molar-refractivity contribution in [1.82, 2.24) is 5.32 Å². The van der Waals surface area contributed by atoms with Crippen LogP contribution in [0.3, 0.4) is 0 Å². The average Bonchev–Trinajstić information content (AvgIpc) is 2.61. The molecule has 2 aromatic carbocycles. The van der Waals surface area contributed by atoms with Crippen LogP contribution in [-0.2, 0) is 0 Å². The van der Waals surface area contributed by atoms with Crippen molar-refractivity contribution in [3.63, 3.8) is 0 Å². The third-order valence-electron chi connectivity index (χ3n) is 3.91. The van der Waals surface area contributed by atoms with Gasteiger partial charge in [-0.3, -0.25) is 4.79 Å². The van der Waals surface area contributed by atoms with Crippen molar-refractivity contribution in [2.24, 2.45) is 0 Å². The molecule has 0 aliphatic rings. The Labute approximate surface area is 143 Å². The van der Waals surface area contributed by atoms with E-state index >= 15 is 0 Å². The van der Waals surface area contributed by atoms with Crippen molar-refractivity contribution in [3.05, 3.63) is 65.2 Å². The van der Waals surface area contributed by atoms with E-state index in [2.05, 4.69) is 5.32 Å². The Morgan fingerprint density at radius 1 is 1.21 bits per heavy atom. The molecule has 0 spiro atoms. The summed E-state index contributed by atoms with van der Waals surface area (Å²) in [5.74, 6) is 0.597. The molecule has 0 bridgehead atoms. The van der Waals surface area contributed by atoms with E-state index in [1.54, 1.807) is 12.1 Å². The number of hydrogen-bond acceptors (Lipinski definition) is 3. The third kappa shape index (κ3) is 4.83. The number of ether oxygens (including phenoxy) is 1. The Bertz CT molecular complexity index is 655. The van der Waals surface area contributed by atoms with E-state index in [0.29, 0.717) is 25.0 Å². The monoisotopic (exact) mass is 327 g/mol. The van der Waals surface area contributed by atoms with Crippen LogP contribution in [0.1, 0.15) is 47.3 Å². The van der Waals surface area contributed by atoms with Crippen LogP contribution in [0, 0.1) is 6.92 Å². The number of aryl methyl sites for hydroxylation is 1. The molecule has 0 saturated carbocycles. The molecule has 0 heterocycles. The van der Waals surface area contributed by atoms with Gasteiger partial charge < -0.3 is 15.2 Å². The van der Waals surface area contributed by atoms with Gasteiger partial charge in [-0.25, -0.2) is 0 Å². The molecule has 2 rings (SSSR count). The van der Waals surface area contributed by atoms with Crippen LogP contribution in [0.25, 0.3) is 0 Å². The third-order valence-corrected chi connectivity index (χ3v) is 3.91. The lowest BCUT2D eigenvalue weighted by atomic mass is 10.0. The second-order valence-corrected chi connectivity index (χ2v) is 5.72. The van der Waals surface area contributed by atoms with Crippen molar-refractivity contribution in [2.75, 3.05) is 13.2 Å². The normalized spacial score (nSPS) is 11.8. The van der Waals surface area contributed by atoms with Crippen molar-refractivity contribution < 1.29 is 14.6 Å². The van der Waals surface area contributed by atoms with E-state index in [9.17, 15) is 4.79 Å². The highest BCUT2D eigenvalue weighted by Gasteiger charge is 2.16. The minimum absolute atomic E-state index is 0.109. The number of benzene rings is 2. The fraction of sp³-hybridized carbons (Fsp3) is 0.350. The average molecular weight is 327 g/mol. The molecule has 2 N–H and O–H groups in total. The first-order valence-corrected chi connectivity index (χ1v) is 8.35. The smallest absolute Gasteiger partial charge is 0.251 e. The molecule has 1 amide bonds. The number of carbonyl (C=O) groups excluding carboxylic acids is 1. The van der Waals surface area contributed by atoms with E-state index < -0.39 is 0 Å². The van der Waals surface area contributed by atoms with Gasteiger partial charge in [0.2, 0.25) is 0 Å². The molecule has 0 aliphatic carbocycles. The fourth-order valence-corrected chi connectivity index (χ4v) is 2.60. The van der Waals surface area contributed by atoms with E-state index in [0.717, 1.165) is 16.9 Å². The molecule has 1 atom stereocenters. The number of hydrogen-bond donors (Lipinski definition) is 2. The van der Waals surface area contributed by atoms with Crippen molar-refractivity contribution in [3.8, 4) is 5.75 Å². The summed E-state index contributed by atoms with van der Waals surface area (Å²) in [6.45, 7) is 4.56. The highest BCUT2D eigenvalue weighted by atomic mass is 16.5. The minimum Gasteiger partial charge on any atom is -0.494 e. The second kappa shape index (κ2) is 9.08. The fourth-order valence-electron chi connectivity index (χ4n) is 2.60. The molecule has 2 aromatic rings. The van der Waals surface area contributed by atoms with Crippen molar-refractivity contribution in [1.29, 1.82) is 0 Å². The zero-order valence-corrected chi connectivity index (χ0v) is 14.3. The molecule has 4 nitrogen and oxygen atoms in total. The maximum Gasteiger partial charge on any atom is 0.251 e. The Balaban J connectivity index is 2.16. The van der Waals surface area contributed by atoms with Gasteiger partial charge in [-0.2, -0.15) is 0 Å². The predicted octanol–water partition coefficient (Wildman–Crippen LogP) is 3.64. The molecule has 24 heavy (non-hydrogen) atoms. The van der Waals surface area contributed by atoms with Gasteiger partial charge in [-0.1, -0.05) is 36.4 Å². The van der Waals surface area contributed by atoms with Gasteiger partial charge in [0.05, 0.1) is 12.6 Å². The summed E-state index contributed by atoms with van der Waals surface area (Å²) >= 11 is 0. The molecule has 0 radical (unpaired) electrons. The van der Waals surface area contributed by atoms with E-state index in [1.807, 2.05) is 50.2 Å². The molecule has 4 heteroatoms. The lowest BCUT2D eigenvalue weighted by Gasteiger charge is -2.19. The first-order chi connectivity index (χ1) is 11.7. The summed E-state index contributed by atoms with van der Waals surface area (Å²) in [6, 6.07) is 15.2. The number of aliphatic hydroxyl groups excluding tert-OH is 1. The molecular formula is C20H25NO3. The molecule has 0 fully saturated rings. The van der Waals surface area contributed by atoms with Gasteiger partial charge in [-0.05, 0) is 49.9 Å². The van der Waals surface area contributed by atoms with Gasteiger partial charge in [0, 0.05) is 12.2 Å². The Kier molecular flexibility index (Phi) is 6.82. The Morgan fingerprint density at radius 2 is 1.96 bits per heavy atom. The number of aliphatic hydroxyl groups is 1. The number of amides is 1. The van der Waals surface area contributed by atoms with Gasteiger partial charge in [0.1, 0.15) is 5.75 Å². The minimum atomic E-state index is -0.136. The van der Waals surface area contributed by atoms with E-state index in [4.69, 9.17) is 9.84 Å². The van der Waals surface area contributed by atoms with E-state index in [-0.39, 0.29) is 18.6 Å². The van der Waals surface area contributed by atoms with Crippen LogP contribution in [0.5, 0.6) is 5.75 Å². The van der Waals surface area contributed by atoms with Gasteiger partial charge in [0.15, 0.2) is 0 Å². The Hall–Kier alpha value is -2.33. The van der Waals surface area contributed by atoms with Crippen LogP contribution in [-0.4, -0.2) is 24.2 Å². The van der Waals surface area contributed by atoms with Gasteiger partial charge in [-0.15, -0.1) is 0 Å². The van der Waals surface area contributed by atoms with Crippen LogP contribution >= 0.6 is 0 Å². The number of rotatable bonds is 8. The van der Waals surface area contributed by atoms with Gasteiger partial charge >= 0.3 is 0 Å². The number of carbonyl (C=O) groups is 1. The summed E-state index contributed by atoms with van der Waals surface area (Å²) in [5.41, 5.74) is 2.62. The van der Waals surface area contributed by atoms with Crippen LogP contribution in [0.4, 0.5) is 0 Å². The lowest BCUT2D eigenvalue weighted by molar-refractivity contribution is 0.0932. The van der Waals surface area contributed by atoms with Crippen LogP contribution in [0.2, 0.25) is 0 Å². The second-order valence-electron chi connectivity index (χ2n) is 5.72. The zero-order chi connectivity index (χ0) is 17.4. The summed E-state index contributed by atoms with van der Waals surface area (Å²) < 4.78 is 5.57. The SMILES string of the molecule is CCOc1cc(C(=O)NC(CCCO)c2ccccc2)ccc1C. The zero-order valence-electron chi connectivity index (χ0n) is 14.3. The molecule has 0 saturated heterocycles. The summed E-state index contributed by atoms with van der Waals surface area (Å²) in [6.07, 6.45) is 1.33. The molecule has 128 valence electrons. The highest BCUT2D eigenvalue weighted by Crippen LogP contribution is 2.22. The van der Waals surface area contributed by atoms with Crippen molar-refractivity contribution in [2.45, 2.75) is 32.7 Å². The maximum atomic E-state index is 12.6. The van der Waals surface area contributed by atoms with Crippen LogP contribution < -0.4 is 10.1 Å². The summed E-state index contributed by atoms with van der Waals surface area (Å²) in [4.78, 5) is 12.6. The summed E-state index contributed by atoms with van der Waals surface area (Å²) in [5, 5.41) is 12.2. The molecule has 0 aromatic heterocycles. The predicted molar refractivity (Wildman–Crippen MR) is 95.3 cm³/mol. The first kappa shape index (κ1) is 18.0.